The van der Waals surface area contributed by atoms with Crippen molar-refractivity contribution >= 4 is 0 Å². The number of benzene rings is 1. The van der Waals surface area contributed by atoms with Crippen molar-refractivity contribution in [2.45, 2.75) is 57.7 Å². The van der Waals surface area contributed by atoms with Gasteiger partial charge >= 0.3 is 6.61 Å². The van der Waals surface area contributed by atoms with Crippen LogP contribution >= 0.6 is 0 Å². The summed E-state index contributed by atoms with van der Waals surface area (Å²) < 4.78 is 34.9. The van der Waals surface area contributed by atoms with Gasteiger partial charge in [0.25, 0.3) is 0 Å². The zero-order chi connectivity index (χ0) is 15.3. The van der Waals surface area contributed by atoms with Gasteiger partial charge in [0.05, 0.1) is 7.11 Å². The number of halogens is 2. The Labute approximate surface area is 124 Å². The number of rotatable bonds is 6. The summed E-state index contributed by atoms with van der Waals surface area (Å²) in [5.41, 5.74) is 0.769. The average Bonchev–Trinajstić information content (AvgIpc) is 2.46. The van der Waals surface area contributed by atoms with E-state index in [1.54, 1.807) is 18.2 Å². The number of hydrogen-bond donors (Lipinski definition) is 1. The van der Waals surface area contributed by atoms with Crippen LogP contribution in [0.4, 0.5) is 8.78 Å². The molecule has 1 N–H and O–H groups in total. The summed E-state index contributed by atoms with van der Waals surface area (Å²) in [5.74, 6) is 0.463. The predicted molar refractivity (Wildman–Crippen MR) is 78.0 cm³/mol. The monoisotopic (exact) mass is 299 g/mol. The number of alkyl halides is 2. The van der Waals surface area contributed by atoms with Crippen molar-refractivity contribution in [3.8, 4) is 11.5 Å². The van der Waals surface area contributed by atoms with Crippen molar-refractivity contribution < 1.29 is 18.3 Å². The van der Waals surface area contributed by atoms with Gasteiger partial charge in [-0.2, -0.15) is 8.78 Å². The first-order chi connectivity index (χ1) is 10.0. The fourth-order valence-electron chi connectivity index (χ4n) is 2.90. The fourth-order valence-corrected chi connectivity index (χ4v) is 2.90. The highest BCUT2D eigenvalue weighted by Gasteiger charge is 2.26. The van der Waals surface area contributed by atoms with E-state index in [4.69, 9.17) is 4.74 Å². The normalized spacial score (nSPS) is 17.8. The van der Waals surface area contributed by atoms with Crippen LogP contribution in [0.1, 0.15) is 44.6 Å². The summed E-state index contributed by atoms with van der Waals surface area (Å²) in [4.78, 5) is 0. The second-order valence-electron chi connectivity index (χ2n) is 5.80. The van der Waals surface area contributed by atoms with Gasteiger partial charge in [-0.3, -0.25) is 0 Å². The molecule has 1 aliphatic rings. The van der Waals surface area contributed by atoms with Crippen LogP contribution in [0.3, 0.4) is 0 Å². The van der Waals surface area contributed by atoms with Crippen molar-refractivity contribution in [2.75, 3.05) is 7.11 Å². The maximum atomic E-state index is 12.6. The fraction of sp³-hybridized carbons (Fsp3) is 0.625. The first kappa shape index (κ1) is 16.0. The van der Waals surface area contributed by atoms with Crippen LogP contribution < -0.4 is 14.8 Å². The van der Waals surface area contributed by atoms with E-state index in [9.17, 15) is 8.78 Å². The smallest absolute Gasteiger partial charge is 0.387 e. The summed E-state index contributed by atoms with van der Waals surface area (Å²) in [5, 5.41) is 3.50. The molecular formula is C16H23F2NO2. The van der Waals surface area contributed by atoms with Gasteiger partial charge in [0.2, 0.25) is 0 Å². The van der Waals surface area contributed by atoms with Crippen molar-refractivity contribution in [2.24, 2.45) is 0 Å². The van der Waals surface area contributed by atoms with Crippen LogP contribution in [0.15, 0.2) is 18.2 Å². The van der Waals surface area contributed by atoms with Crippen LogP contribution in [0.25, 0.3) is 0 Å². The Balaban J connectivity index is 2.11. The Morgan fingerprint density at radius 3 is 2.57 bits per heavy atom. The van der Waals surface area contributed by atoms with Crippen molar-refractivity contribution in [1.82, 2.24) is 5.32 Å². The van der Waals surface area contributed by atoms with Gasteiger partial charge in [-0.1, -0.05) is 31.4 Å². The molecule has 0 unspecified atom stereocenters. The Morgan fingerprint density at radius 2 is 1.95 bits per heavy atom. The Bertz CT molecular complexity index is 460. The lowest BCUT2D eigenvalue weighted by atomic mass is 9.83. The maximum Gasteiger partial charge on any atom is 0.387 e. The van der Waals surface area contributed by atoms with E-state index in [1.165, 1.54) is 26.4 Å². The molecule has 0 aromatic heterocycles. The van der Waals surface area contributed by atoms with E-state index < -0.39 is 6.61 Å². The molecule has 0 spiro atoms. The minimum absolute atomic E-state index is 0.0728. The number of methoxy groups -OCH3 is 1. The van der Waals surface area contributed by atoms with Gasteiger partial charge in [-0.05, 0) is 25.8 Å². The maximum absolute atomic E-state index is 12.6. The molecular weight excluding hydrogens is 276 g/mol. The standard InChI is InChI=1S/C16H23F2NO2/c1-16(9-4-3-5-10-16)19-11-12-7-6-8-13(20-2)14(12)21-15(17)18/h6-8,15,19H,3-5,9-11H2,1-2H3. The lowest BCUT2D eigenvalue weighted by molar-refractivity contribution is -0.0519. The van der Waals surface area contributed by atoms with Crippen LogP contribution in [-0.4, -0.2) is 19.3 Å². The van der Waals surface area contributed by atoms with Gasteiger partial charge in [0.1, 0.15) is 0 Å². The highest BCUT2D eigenvalue weighted by atomic mass is 19.3. The highest BCUT2D eigenvalue weighted by Crippen LogP contribution is 2.34. The molecule has 5 heteroatoms. The average molecular weight is 299 g/mol. The van der Waals surface area contributed by atoms with Crippen LogP contribution in [0.2, 0.25) is 0 Å². The van der Waals surface area contributed by atoms with Crippen molar-refractivity contribution in [3.63, 3.8) is 0 Å². The number of hydrogen-bond acceptors (Lipinski definition) is 3. The first-order valence-electron chi connectivity index (χ1n) is 7.40. The molecule has 0 amide bonds. The Kier molecular flexibility index (Phi) is 5.39. The molecule has 1 aromatic rings. The molecule has 1 fully saturated rings. The molecule has 2 rings (SSSR count). The largest absolute Gasteiger partial charge is 0.493 e. The number of nitrogens with one attached hydrogen (secondary N) is 1. The summed E-state index contributed by atoms with van der Waals surface area (Å²) in [6.07, 6.45) is 5.92. The van der Waals surface area contributed by atoms with Crippen LogP contribution in [0.5, 0.6) is 11.5 Å². The van der Waals surface area contributed by atoms with Gasteiger partial charge in [-0.15, -0.1) is 0 Å². The second kappa shape index (κ2) is 7.07. The predicted octanol–water partition coefficient (Wildman–Crippen LogP) is 4.11. The zero-order valence-corrected chi connectivity index (χ0v) is 12.6. The molecule has 118 valence electrons. The minimum atomic E-state index is -2.86. The summed E-state index contributed by atoms with van der Waals surface area (Å²) >= 11 is 0. The van der Waals surface area contributed by atoms with Gasteiger partial charge in [0, 0.05) is 17.6 Å². The lowest BCUT2D eigenvalue weighted by Crippen LogP contribution is -2.43. The van der Waals surface area contributed by atoms with E-state index in [0.717, 1.165) is 12.8 Å². The molecule has 0 heterocycles. The molecule has 0 atom stereocenters. The highest BCUT2D eigenvalue weighted by molar-refractivity contribution is 5.46. The molecule has 3 nitrogen and oxygen atoms in total. The van der Waals surface area contributed by atoms with Gasteiger partial charge in [0.15, 0.2) is 11.5 Å². The second-order valence-corrected chi connectivity index (χ2v) is 5.80. The van der Waals surface area contributed by atoms with E-state index in [1.807, 2.05) is 0 Å². The third kappa shape index (κ3) is 4.30. The molecule has 1 saturated carbocycles. The SMILES string of the molecule is COc1cccc(CNC2(C)CCCCC2)c1OC(F)F. The molecule has 0 bridgehead atoms. The molecule has 0 saturated heterocycles. The molecule has 0 radical (unpaired) electrons. The summed E-state index contributed by atoms with van der Waals surface area (Å²) in [6, 6.07) is 5.21. The van der Waals surface area contributed by atoms with Crippen molar-refractivity contribution in [1.29, 1.82) is 0 Å². The topological polar surface area (TPSA) is 30.5 Å². The van der Waals surface area contributed by atoms with Crippen LogP contribution in [-0.2, 0) is 6.54 Å². The third-order valence-electron chi connectivity index (χ3n) is 4.15. The quantitative estimate of drug-likeness (QED) is 0.857. The molecule has 1 aromatic carbocycles. The van der Waals surface area contributed by atoms with Crippen molar-refractivity contribution in [3.05, 3.63) is 23.8 Å². The van der Waals surface area contributed by atoms with E-state index in [-0.39, 0.29) is 11.3 Å². The van der Waals surface area contributed by atoms with Crippen LogP contribution in [0, 0.1) is 0 Å². The van der Waals surface area contributed by atoms with Gasteiger partial charge in [-0.25, -0.2) is 0 Å². The number of para-hydroxylation sites is 1. The van der Waals surface area contributed by atoms with E-state index >= 15 is 0 Å². The molecule has 21 heavy (non-hydrogen) atoms. The first-order valence-corrected chi connectivity index (χ1v) is 7.40. The molecule has 0 aliphatic heterocycles. The molecule has 1 aliphatic carbocycles. The third-order valence-corrected chi connectivity index (χ3v) is 4.15. The van der Waals surface area contributed by atoms with E-state index in [0.29, 0.717) is 17.9 Å². The van der Waals surface area contributed by atoms with E-state index in [2.05, 4.69) is 17.0 Å². The van der Waals surface area contributed by atoms with Gasteiger partial charge < -0.3 is 14.8 Å². The summed E-state index contributed by atoms with van der Waals surface area (Å²) in [6.45, 7) is -0.166. The Hall–Kier alpha value is -1.36. The zero-order valence-electron chi connectivity index (χ0n) is 12.6. The number of ether oxygens (including phenoxy) is 2. The Morgan fingerprint density at radius 1 is 1.24 bits per heavy atom. The minimum Gasteiger partial charge on any atom is -0.493 e. The summed E-state index contributed by atoms with van der Waals surface area (Å²) in [7, 11) is 1.45. The lowest BCUT2D eigenvalue weighted by Gasteiger charge is -2.35.